The van der Waals surface area contributed by atoms with Crippen LogP contribution in [0.5, 0.6) is 0 Å². The van der Waals surface area contributed by atoms with Crippen molar-refractivity contribution in [3.05, 3.63) is 68.7 Å². The predicted molar refractivity (Wildman–Crippen MR) is 136 cm³/mol. The van der Waals surface area contributed by atoms with Crippen LogP contribution in [0.1, 0.15) is 44.9 Å². The van der Waals surface area contributed by atoms with E-state index in [1.165, 1.54) is 19.9 Å². The summed E-state index contributed by atoms with van der Waals surface area (Å²) in [7, 11) is 0. The van der Waals surface area contributed by atoms with Gasteiger partial charge in [-0.3, -0.25) is 14.4 Å². The van der Waals surface area contributed by atoms with Crippen LogP contribution in [-0.4, -0.2) is 22.7 Å². The zero-order valence-corrected chi connectivity index (χ0v) is 22.2. The minimum Gasteiger partial charge on any atom is -0.325 e. The van der Waals surface area contributed by atoms with Crippen molar-refractivity contribution in [1.82, 2.24) is 4.98 Å². The molecule has 1 aliphatic carbocycles. The number of hydrogen-bond acceptors (Lipinski definition) is 5. The topological polar surface area (TPSA) is 100 Å². The maximum Gasteiger partial charge on any atom is 0.416 e. The van der Waals surface area contributed by atoms with Crippen molar-refractivity contribution in [3.8, 4) is 0 Å². The van der Waals surface area contributed by atoms with Gasteiger partial charge in [0.15, 0.2) is 5.13 Å². The molecule has 0 radical (unpaired) electrons. The number of amides is 3. The number of rotatable bonds is 6. The number of carbonyl (C=O) groups is 3. The van der Waals surface area contributed by atoms with Crippen molar-refractivity contribution in [3.63, 3.8) is 0 Å². The van der Waals surface area contributed by atoms with Crippen LogP contribution in [0.15, 0.2) is 36.4 Å². The van der Waals surface area contributed by atoms with E-state index in [1.807, 2.05) is 0 Å². The van der Waals surface area contributed by atoms with Gasteiger partial charge in [0.2, 0.25) is 11.8 Å². The maximum absolute atomic E-state index is 13.1. The second-order valence-electron chi connectivity index (χ2n) is 9.16. The van der Waals surface area contributed by atoms with Crippen LogP contribution >= 0.6 is 22.9 Å². The van der Waals surface area contributed by atoms with E-state index in [0.29, 0.717) is 6.07 Å². The Bertz CT molecular complexity index is 1520. The molecule has 0 bridgehead atoms. The normalized spacial score (nSPS) is 14.4. The van der Waals surface area contributed by atoms with Gasteiger partial charge in [0.1, 0.15) is 10.3 Å². The first kappa shape index (κ1) is 29.3. The molecule has 4 rings (SSSR count). The molecule has 3 aromatic rings. The number of anilines is 3. The van der Waals surface area contributed by atoms with Gasteiger partial charge in [-0.25, -0.2) is 4.98 Å². The first-order chi connectivity index (χ1) is 18.5. The Labute approximate surface area is 231 Å². The molecule has 0 atom stereocenters. The van der Waals surface area contributed by atoms with Crippen LogP contribution in [0.25, 0.3) is 0 Å². The van der Waals surface area contributed by atoms with Crippen molar-refractivity contribution in [2.24, 2.45) is 5.41 Å². The number of nitrogens with zero attached hydrogens (tertiary/aromatic N) is 1. The molecule has 1 aromatic heterocycles. The van der Waals surface area contributed by atoms with E-state index in [9.17, 15) is 40.7 Å². The largest absolute Gasteiger partial charge is 0.416 e. The quantitative estimate of drug-likeness (QED) is 0.207. The number of alkyl halides is 6. The van der Waals surface area contributed by atoms with Crippen molar-refractivity contribution < 1.29 is 40.7 Å². The Morgan fingerprint density at radius 1 is 0.875 bits per heavy atom. The molecular formula is C25H19ClF6N4O3S. The summed E-state index contributed by atoms with van der Waals surface area (Å²) in [5.74, 6) is -2.39. The van der Waals surface area contributed by atoms with Gasteiger partial charge >= 0.3 is 12.4 Å². The number of aromatic nitrogens is 1. The second kappa shape index (κ2) is 10.4. The van der Waals surface area contributed by atoms with Crippen molar-refractivity contribution in [2.45, 2.75) is 39.0 Å². The van der Waals surface area contributed by atoms with E-state index in [2.05, 4.69) is 20.9 Å². The lowest BCUT2D eigenvalue weighted by Gasteiger charge is -2.16. The van der Waals surface area contributed by atoms with E-state index in [4.69, 9.17) is 11.6 Å². The molecule has 1 aliphatic rings. The zero-order valence-electron chi connectivity index (χ0n) is 20.6. The Balaban J connectivity index is 1.46. The highest BCUT2D eigenvalue weighted by atomic mass is 35.5. The standard InChI is InChI=1S/C25H19ClF6N4O3S/c1-11-7-14(25(30,31)32)9-15(8-11)34-20(38)23(5-6-23)21(39)36-22-33-12(2)18(40-22)19(37)35-17-10-13(24(27,28)29)3-4-16(17)26/h3-4,7-10H,5-6H2,1-2H3,(H,34,38)(H,35,37)(H,33,36,39). The fourth-order valence-corrected chi connectivity index (χ4v) is 4.83. The van der Waals surface area contributed by atoms with Crippen LogP contribution < -0.4 is 16.0 Å². The molecule has 15 heteroatoms. The Morgan fingerprint density at radius 3 is 2.10 bits per heavy atom. The second-order valence-corrected chi connectivity index (χ2v) is 10.6. The molecule has 1 saturated carbocycles. The molecule has 0 saturated heterocycles. The summed E-state index contributed by atoms with van der Waals surface area (Å²) >= 11 is 6.65. The van der Waals surface area contributed by atoms with E-state index >= 15 is 0 Å². The maximum atomic E-state index is 13.1. The molecule has 3 amide bonds. The number of benzene rings is 2. The van der Waals surface area contributed by atoms with Gasteiger partial charge in [0, 0.05) is 5.69 Å². The molecule has 7 nitrogen and oxygen atoms in total. The van der Waals surface area contributed by atoms with Crippen LogP contribution in [0, 0.1) is 19.3 Å². The molecule has 0 unspecified atom stereocenters. The van der Waals surface area contributed by atoms with Crippen molar-refractivity contribution in [2.75, 3.05) is 16.0 Å². The molecule has 2 aromatic carbocycles. The third kappa shape index (κ3) is 6.22. The molecule has 1 fully saturated rings. The monoisotopic (exact) mass is 604 g/mol. The number of carbonyl (C=O) groups excluding carboxylic acids is 3. The molecule has 0 spiro atoms. The molecule has 212 valence electrons. The average Bonchev–Trinajstić information content (AvgIpc) is 3.57. The van der Waals surface area contributed by atoms with Crippen LogP contribution in [0.3, 0.4) is 0 Å². The summed E-state index contributed by atoms with van der Waals surface area (Å²) < 4.78 is 78.5. The smallest absolute Gasteiger partial charge is 0.325 e. The minimum atomic E-state index is -4.66. The minimum absolute atomic E-state index is 0.0301. The first-order valence-electron chi connectivity index (χ1n) is 11.5. The van der Waals surface area contributed by atoms with Gasteiger partial charge < -0.3 is 16.0 Å². The fourth-order valence-electron chi connectivity index (χ4n) is 3.81. The van der Waals surface area contributed by atoms with Crippen LogP contribution in [0.2, 0.25) is 5.02 Å². The number of aryl methyl sites for hydroxylation is 2. The number of halogens is 7. The molecule has 1 heterocycles. The van der Waals surface area contributed by atoms with Gasteiger partial charge in [-0.2, -0.15) is 26.3 Å². The summed E-state index contributed by atoms with van der Waals surface area (Å²) in [4.78, 5) is 42.7. The van der Waals surface area contributed by atoms with Gasteiger partial charge in [-0.1, -0.05) is 22.9 Å². The van der Waals surface area contributed by atoms with Crippen molar-refractivity contribution >= 4 is 57.2 Å². The average molecular weight is 605 g/mol. The van der Waals surface area contributed by atoms with Crippen LogP contribution in [0.4, 0.5) is 42.8 Å². The molecule has 40 heavy (non-hydrogen) atoms. The lowest BCUT2D eigenvalue weighted by atomic mass is 10.0. The Hall–Kier alpha value is -3.65. The summed E-state index contributed by atoms with van der Waals surface area (Å²) in [5.41, 5.74) is -3.51. The van der Waals surface area contributed by atoms with E-state index in [1.54, 1.807) is 0 Å². The highest BCUT2D eigenvalue weighted by Crippen LogP contribution is 2.48. The number of thiazole rings is 1. The third-order valence-electron chi connectivity index (χ3n) is 6.05. The fraction of sp³-hybridized carbons (Fsp3) is 0.280. The molecule has 0 aliphatic heterocycles. The highest BCUT2D eigenvalue weighted by molar-refractivity contribution is 7.17. The van der Waals surface area contributed by atoms with Crippen molar-refractivity contribution in [1.29, 1.82) is 0 Å². The predicted octanol–water partition coefficient (Wildman–Crippen LogP) is 7.06. The zero-order chi connectivity index (χ0) is 29.6. The highest BCUT2D eigenvalue weighted by Gasteiger charge is 2.57. The summed E-state index contributed by atoms with van der Waals surface area (Å²) in [6.07, 6.45) is -9.02. The van der Waals surface area contributed by atoms with E-state index in [0.717, 1.165) is 35.6 Å². The molecular weight excluding hydrogens is 586 g/mol. The Kier molecular flexibility index (Phi) is 7.62. The van der Waals surface area contributed by atoms with Gasteiger partial charge in [0.05, 0.1) is 27.5 Å². The number of nitrogens with one attached hydrogen (secondary N) is 3. The van der Waals surface area contributed by atoms with E-state index in [-0.39, 0.29) is 50.5 Å². The summed E-state index contributed by atoms with van der Waals surface area (Å²) in [6.45, 7) is 2.87. The lowest BCUT2D eigenvalue weighted by molar-refractivity contribution is -0.138. The van der Waals surface area contributed by atoms with Gasteiger partial charge in [0.25, 0.3) is 5.91 Å². The van der Waals surface area contributed by atoms with Gasteiger partial charge in [-0.15, -0.1) is 0 Å². The number of hydrogen-bond donors (Lipinski definition) is 3. The third-order valence-corrected chi connectivity index (χ3v) is 7.45. The summed E-state index contributed by atoms with van der Waals surface area (Å²) in [5, 5.41) is 6.93. The van der Waals surface area contributed by atoms with Gasteiger partial charge in [-0.05, 0) is 68.7 Å². The first-order valence-corrected chi connectivity index (χ1v) is 12.7. The Morgan fingerprint density at radius 2 is 1.50 bits per heavy atom. The van der Waals surface area contributed by atoms with E-state index < -0.39 is 46.6 Å². The lowest BCUT2D eigenvalue weighted by Crippen LogP contribution is -2.35. The molecule has 3 N–H and O–H groups in total. The summed E-state index contributed by atoms with van der Waals surface area (Å²) in [6, 6.07) is 5.47. The van der Waals surface area contributed by atoms with Crippen LogP contribution in [-0.2, 0) is 21.9 Å². The SMILES string of the molecule is Cc1cc(NC(=O)C2(C(=O)Nc3nc(C)c(C(=O)Nc4cc(C(F)(F)F)ccc4Cl)s3)CC2)cc(C(F)(F)F)c1.